The van der Waals surface area contributed by atoms with E-state index < -0.39 is 23.2 Å². The number of carbonyl (C=O) groups is 2. The van der Waals surface area contributed by atoms with E-state index in [4.69, 9.17) is 11.6 Å². The molecule has 0 aromatic heterocycles. The molecule has 0 aliphatic carbocycles. The summed E-state index contributed by atoms with van der Waals surface area (Å²) in [6, 6.07) is 3.53. The third-order valence-corrected chi connectivity index (χ3v) is 4.25. The maximum Gasteiger partial charge on any atom is 0.321 e. The van der Waals surface area contributed by atoms with Gasteiger partial charge in [-0.3, -0.25) is 4.79 Å². The topological polar surface area (TPSA) is 69.6 Å². The van der Waals surface area contributed by atoms with Crippen LogP contribution in [-0.4, -0.2) is 35.1 Å². The number of urea groups is 1. The lowest BCUT2D eigenvalue weighted by molar-refractivity contribution is -0.148. The van der Waals surface area contributed by atoms with Gasteiger partial charge in [0.05, 0.1) is 10.4 Å². The fourth-order valence-corrected chi connectivity index (χ4v) is 2.55. The molecule has 1 saturated heterocycles. The number of nitrogens with zero attached hydrogens (tertiary/aromatic N) is 1. The Bertz CT molecular complexity index is 581. The molecule has 1 aliphatic rings. The summed E-state index contributed by atoms with van der Waals surface area (Å²) in [5.74, 6) is -1.51. The minimum Gasteiger partial charge on any atom is -0.481 e. The van der Waals surface area contributed by atoms with Gasteiger partial charge in [0.2, 0.25) is 0 Å². The number of aliphatic carboxylic acids is 1. The zero-order valence-corrected chi connectivity index (χ0v) is 12.3. The summed E-state index contributed by atoms with van der Waals surface area (Å²) in [6.07, 6.45) is 0.878. The summed E-state index contributed by atoms with van der Waals surface area (Å²) >= 11 is 5.57. The largest absolute Gasteiger partial charge is 0.481 e. The molecule has 5 nitrogen and oxygen atoms in total. The van der Waals surface area contributed by atoms with Crippen LogP contribution in [0, 0.1) is 11.2 Å². The smallest absolute Gasteiger partial charge is 0.321 e. The van der Waals surface area contributed by atoms with Gasteiger partial charge in [0.25, 0.3) is 0 Å². The average Bonchev–Trinajstić information content (AvgIpc) is 2.89. The van der Waals surface area contributed by atoms with Gasteiger partial charge in [-0.1, -0.05) is 18.5 Å². The molecule has 114 valence electrons. The Morgan fingerprint density at radius 3 is 2.76 bits per heavy atom. The number of carboxylic acids is 1. The van der Waals surface area contributed by atoms with Crippen molar-refractivity contribution in [1.29, 1.82) is 0 Å². The van der Waals surface area contributed by atoms with Crippen molar-refractivity contribution in [2.24, 2.45) is 5.41 Å². The normalized spacial score (nSPS) is 21.4. The molecule has 1 fully saturated rings. The number of halogens is 2. The van der Waals surface area contributed by atoms with Crippen LogP contribution in [0.5, 0.6) is 0 Å². The fraction of sp³-hybridized carbons (Fsp3) is 0.429. The van der Waals surface area contributed by atoms with Crippen LogP contribution in [0.25, 0.3) is 0 Å². The first-order valence-corrected chi connectivity index (χ1v) is 7.00. The number of carboxylic acid groups (broad SMARTS) is 1. The molecule has 21 heavy (non-hydrogen) atoms. The van der Waals surface area contributed by atoms with Crippen molar-refractivity contribution in [2.45, 2.75) is 19.8 Å². The van der Waals surface area contributed by atoms with Crippen LogP contribution in [0.3, 0.4) is 0 Å². The Morgan fingerprint density at radius 2 is 2.24 bits per heavy atom. The molecule has 1 aromatic carbocycles. The quantitative estimate of drug-likeness (QED) is 0.900. The Labute approximate surface area is 126 Å². The summed E-state index contributed by atoms with van der Waals surface area (Å²) in [5.41, 5.74) is -0.603. The Morgan fingerprint density at radius 1 is 1.52 bits per heavy atom. The van der Waals surface area contributed by atoms with E-state index in [1.54, 1.807) is 6.92 Å². The number of carbonyl (C=O) groups excluding carboxylic acids is 1. The van der Waals surface area contributed by atoms with E-state index in [1.165, 1.54) is 17.0 Å². The monoisotopic (exact) mass is 314 g/mol. The van der Waals surface area contributed by atoms with Crippen LogP contribution in [0.15, 0.2) is 18.2 Å². The molecule has 7 heteroatoms. The van der Waals surface area contributed by atoms with Gasteiger partial charge in [-0.15, -0.1) is 0 Å². The van der Waals surface area contributed by atoms with Crippen LogP contribution in [0.2, 0.25) is 5.02 Å². The third-order valence-electron chi connectivity index (χ3n) is 3.94. The maximum absolute atomic E-state index is 13.3. The number of amides is 2. The van der Waals surface area contributed by atoms with Crippen LogP contribution >= 0.6 is 11.6 Å². The van der Waals surface area contributed by atoms with Crippen molar-refractivity contribution in [2.75, 3.05) is 18.4 Å². The number of hydrogen-bond donors (Lipinski definition) is 2. The second kappa shape index (κ2) is 5.89. The highest BCUT2D eigenvalue weighted by Gasteiger charge is 2.44. The maximum atomic E-state index is 13.3. The predicted octanol–water partition coefficient (Wildman–Crippen LogP) is 3.20. The van der Waals surface area contributed by atoms with Gasteiger partial charge in [-0.2, -0.15) is 0 Å². The van der Waals surface area contributed by atoms with Gasteiger partial charge in [0, 0.05) is 18.8 Å². The predicted molar refractivity (Wildman–Crippen MR) is 77.0 cm³/mol. The van der Waals surface area contributed by atoms with E-state index in [0.717, 1.165) is 6.07 Å². The minimum absolute atomic E-state index is 0.0231. The molecule has 0 spiro atoms. The molecule has 1 heterocycles. The van der Waals surface area contributed by atoms with Gasteiger partial charge in [0.15, 0.2) is 0 Å². The van der Waals surface area contributed by atoms with Gasteiger partial charge < -0.3 is 15.3 Å². The first-order valence-electron chi connectivity index (χ1n) is 6.62. The van der Waals surface area contributed by atoms with E-state index in [-0.39, 0.29) is 17.3 Å². The van der Waals surface area contributed by atoms with Crippen molar-refractivity contribution in [3.8, 4) is 0 Å². The summed E-state index contributed by atoms with van der Waals surface area (Å²) in [7, 11) is 0. The zero-order valence-electron chi connectivity index (χ0n) is 11.5. The average molecular weight is 315 g/mol. The summed E-state index contributed by atoms with van der Waals surface area (Å²) < 4.78 is 13.3. The lowest BCUT2D eigenvalue weighted by Gasteiger charge is -2.23. The number of nitrogens with one attached hydrogen (secondary N) is 1. The lowest BCUT2D eigenvalue weighted by atomic mass is 9.84. The van der Waals surface area contributed by atoms with Gasteiger partial charge >= 0.3 is 12.0 Å². The minimum atomic E-state index is -0.891. The highest BCUT2D eigenvalue weighted by molar-refractivity contribution is 6.30. The highest BCUT2D eigenvalue weighted by Crippen LogP contribution is 2.34. The second-order valence-electron chi connectivity index (χ2n) is 5.17. The number of benzene rings is 1. The lowest BCUT2D eigenvalue weighted by Crippen LogP contribution is -2.38. The van der Waals surface area contributed by atoms with E-state index in [2.05, 4.69) is 5.32 Å². The van der Waals surface area contributed by atoms with E-state index in [1.807, 2.05) is 0 Å². The number of likely N-dealkylation sites (tertiary alicyclic amines) is 1. The molecule has 2 amide bonds. The second-order valence-corrected chi connectivity index (χ2v) is 5.58. The SMILES string of the molecule is CCC1(C(=O)O)CCN(C(=O)Nc2ccc(Cl)c(F)c2)C1. The molecule has 0 saturated carbocycles. The number of anilines is 1. The number of hydrogen-bond acceptors (Lipinski definition) is 2. The van der Waals surface area contributed by atoms with Crippen molar-refractivity contribution in [3.63, 3.8) is 0 Å². The molecule has 1 aliphatic heterocycles. The first-order chi connectivity index (χ1) is 9.88. The van der Waals surface area contributed by atoms with Crippen LogP contribution in [0.1, 0.15) is 19.8 Å². The molecule has 0 radical (unpaired) electrons. The molecule has 2 N–H and O–H groups in total. The molecule has 1 atom stereocenters. The molecule has 0 bridgehead atoms. The van der Waals surface area contributed by atoms with Crippen molar-refractivity contribution in [1.82, 2.24) is 4.90 Å². The first kappa shape index (κ1) is 15.6. The van der Waals surface area contributed by atoms with Crippen molar-refractivity contribution in [3.05, 3.63) is 29.0 Å². The van der Waals surface area contributed by atoms with E-state index >= 15 is 0 Å². The molecular weight excluding hydrogens is 299 g/mol. The van der Waals surface area contributed by atoms with Gasteiger partial charge in [-0.05, 0) is 31.0 Å². The molecule has 1 aromatic rings. The van der Waals surface area contributed by atoms with Crippen molar-refractivity contribution >= 4 is 29.3 Å². The zero-order chi connectivity index (χ0) is 15.6. The summed E-state index contributed by atoms with van der Waals surface area (Å²) in [6.45, 7) is 2.31. The van der Waals surface area contributed by atoms with Crippen molar-refractivity contribution < 1.29 is 19.1 Å². The Balaban J connectivity index is 2.05. The molecular formula is C14H16ClFN2O3. The number of rotatable bonds is 3. The Hall–Kier alpha value is -1.82. The molecule has 1 unspecified atom stereocenters. The van der Waals surface area contributed by atoms with E-state index in [9.17, 15) is 19.1 Å². The molecule has 2 rings (SSSR count). The third kappa shape index (κ3) is 3.10. The summed E-state index contributed by atoms with van der Waals surface area (Å²) in [4.78, 5) is 24.9. The van der Waals surface area contributed by atoms with Crippen LogP contribution < -0.4 is 5.32 Å². The van der Waals surface area contributed by atoms with E-state index in [0.29, 0.717) is 19.4 Å². The summed E-state index contributed by atoms with van der Waals surface area (Å²) in [5, 5.41) is 11.8. The van der Waals surface area contributed by atoms with Gasteiger partial charge in [-0.25, -0.2) is 9.18 Å². The Kier molecular flexibility index (Phi) is 4.37. The standard InChI is InChI=1S/C14H16ClFN2O3/c1-2-14(12(19)20)5-6-18(8-14)13(21)17-9-3-4-10(15)11(16)7-9/h3-4,7H,2,5-6,8H2,1H3,(H,17,21)(H,19,20). The highest BCUT2D eigenvalue weighted by atomic mass is 35.5. The van der Waals surface area contributed by atoms with Crippen LogP contribution in [-0.2, 0) is 4.79 Å². The van der Waals surface area contributed by atoms with Crippen LogP contribution in [0.4, 0.5) is 14.9 Å². The fourth-order valence-electron chi connectivity index (χ4n) is 2.44. The van der Waals surface area contributed by atoms with Gasteiger partial charge in [0.1, 0.15) is 5.82 Å².